The number of anilines is 1. The summed E-state index contributed by atoms with van der Waals surface area (Å²) < 4.78 is 1.68. The van der Waals surface area contributed by atoms with Crippen molar-refractivity contribution >= 4 is 5.69 Å². The van der Waals surface area contributed by atoms with E-state index >= 15 is 0 Å². The molecule has 0 saturated heterocycles. The molecule has 1 aromatic heterocycles. The minimum Gasteiger partial charge on any atom is -0.382 e. The third-order valence-corrected chi connectivity index (χ3v) is 3.46. The van der Waals surface area contributed by atoms with Crippen LogP contribution in [0.2, 0.25) is 0 Å². The van der Waals surface area contributed by atoms with E-state index in [-0.39, 0.29) is 0 Å². The Kier molecular flexibility index (Phi) is 2.74. The summed E-state index contributed by atoms with van der Waals surface area (Å²) in [6, 6.07) is 8.79. The van der Waals surface area contributed by atoms with Crippen LogP contribution < -0.4 is 5.32 Å². The predicted molar refractivity (Wildman–Crippen MR) is 70.0 cm³/mol. The molecule has 0 aliphatic heterocycles. The van der Waals surface area contributed by atoms with Crippen LogP contribution in [0, 0.1) is 5.92 Å². The summed E-state index contributed by atoms with van der Waals surface area (Å²) in [4.78, 5) is 0. The molecule has 0 radical (unpaired) electrons. The molecule has 1 heterocycles. The number of aromatic nitrogens is 4. The second-order valence-corrected chi connectivity index (χ2v) is 4.98. The molecule has 1 N–H and O–H groups in total. The topological polar surface area (TPSA) is 55.6 Å². The van der Waals surface area contributed by atoms with E-state index in [1.165, 1.54) is 12.8 Å². The molecule has 1 aromatic carbocycles. The van der Waals surface area contributed by atoms with E-state index in [1.807, 2.05) is 19.2 Å². The van der Waals surface area contributed by atoms with Crippen molar-refractivity contribution in [2.45, 2.75) is 25.8 Å². The van der Waals surface area contributed by atoms with E-state index in [1.54, 1.807) is 4.68 Å². The predicted octanol–water partition coefficient (Wildman–Crippen LogP) is 2.09. The largest absolute Gasteiger partial charge is 0.382 e. The number of nitrogens with zero attached hydrogens (tertiary/aromatic N) is 4. The zero-order valence-electron chi connectivity index (χ0n) is 10.7. The van der Waals surface area contributed by atoms with Gasteiger partial charge in [-0.3, -0.25) is 0 Å². The Bertz CT molecular complexity index is 544. The molecule has 0 bridgehead atoms. The first-order chi connectivity index (χ1) is 8.74. The molecule has 0 spiro atoms. The molecule has 1 fully saturated rings. The number of nitrogens with one attached hydrogen (secondary N) is 1. The van der Waals surface area contributed by atoms with Crippen molar-refractivity contribution in [1.82, 2.24) is 20.2 Å². The van der Waals surface area contributed by atoms with Crippen molar-refractivity contribution in [2.75, 3.05) is 5.32 Å². The first-order valence-electron chi connectivity index (χ1n) is 6.33. The normalized spacial score (nSPS) is 16.6. The molecular formula is C13H17N5. The lowest BCUT2D eigenvalue weighted by atomic mass is 10.1. The van der Waals surface area contributed by atoms with Crippen molar-refractivity contribution in [2.24, 2.45) is 13.0 Å². The fourth-order valence-electron chi connectivity index (χ4n) is 2.20. The van der Waals surface area contributed by atoms with Gasteiger partial charge in [0, 0.05) is 24.3 Å². The fourth-order valence-corrected chi connectivity index (χ4v) is 2.20. The average molecular weight is 243 g/mol. The van der Waals surface area contributed by atoms with Gasteiger partial charge in [-0.1, -0.05) is 12.1 Å². The lowest BCUT2D eigenvalue weighted by Gasteiger charge is -2.14. The van der Waals surface area contributed by atoms with Crippen molar-refractivity contribution in [3.63, 3.8) is 0 Å². The Morgan fingerprint density at radius 1 is 1.39 bits per heavy atom. The maximum Gasteiger partial charge on any atom is 0.181 e. The van der Waals surface area contributed by atoms with Crippen LogP contribution in [0.3, 0.4) is 0 Å². The maximum atomic E-state index is 4.03. The summed E-state index contributed by atoms with van der Waals surface area (Å²) in [5.74, 6) is 1.63. The van der Waals surface area contributed by atoms with Gasteiger partial charge in [-0.05, 0) is 48.2 Å². The molecule has 1 saturated carbocycles. The van der Waals surface area contributed by atoms with Crippen molar-refractivity contribution in [3.8, 4) is 11.4 Å². The first kappa shape index (κ1) is 11.2. The smallest absolute Gasteiger partial charge is 0.181 e. The maximum absolute atomic E-state index is 4.03. The molecule has 5 heteroatoms. The summed E-state index contributed by atoms with van der Waals surface area (Å²) in [5.41, 5.74) is 2.17. The Morgan fingerprint density at radius 3 is 2.89 bits per heavy atom. The van der Waals surface area contributed by atoms with Crippen LogP contribution in [-0.2, 0) is 7.05 Å². The fraction of sp³-hybridized carbons (Fsp3) is 0.462. The molecule has 1 aliphatic rings. The van der Waals surface area contributed by atoms with Gasteiger partial charge in [0.05, 0.1) is 0 Å². The second-order valence-electron chi connectivity index (χ2n) is 4.98. The number of benzene rings is 1. The van der Waals surface area contributed by atoms with Gasteiger partial charge in [-0.2, -0.15) is 0 Å². The first-order valence-corrected chi connectivity index (χ1v) is 6.33. The molecular weight excluding hydrogens is 226 g/mol. The van der Waals surface area contributed by atoms with E-state index in [9.17, 15) is 0 Å². The van der Waals surface area contributed by atoms with Crippen LogP contribution >= 0.6 is 0 Å². The SMILES string of the molecule is CC(Nc1cccc(-c2nnnn2C)c1)C1CC1. The Morgan fingerprint density at radius 2 is 2.22 bits per heavy atom. The van der Waals surface area contributed by atoms with Gasteiger partial charge in [-0.15, -0.1) is 5.10 Å². The second kappa shape index (κ2) is 4.40. The highest BCUT2D eigenvalue weighted by atomic mass is 15.5. The highest BCUT2D eigenvalue weighted by Crippen LogP contribution is 2.34. The monoisotopic (exact) mass is 243 g/mol. The Balaban J connectivity index is 1.82. The van der Waals surface area contributed by atoms with Gasteiger partial charge in [0.25, 0.3) is 0 Å². The lowest BCUT2D eigenvalue weighted by molar-refractivity contribution is 0.694. The molecule has 1 aliphatic carbocycles. The van der Waals surface area contributed by atoms with E-state index in [2.05, 4.69) is 39.9 Å². The lowest BCUT2D eigenvalue weighted by Crippen LogP contribution is -2.17. The number of aryl methyl sites for hydroxylation is 1. The van der Waals surface area contributed by atoms with E-state index in [4.69, 9.17) is 0 Å². The molecule has 18 heavy (non-hydrogen) atoms. The van der Waals surface area contributed by atoms with Crippen LogP contribution in [0.5, 0.6) is 0 Å². The van der Waals surface area contributed by atoms with Gasteiger partial charge >= 0.3 is 0 Å². The number of hydrogen-bond donors (Lipinski definition) is 1. The minimum absolute atomic E-state index is 0.540. The van der Waals surface area contributed by atoms with Gasteiger partial charge in [0.2, 0.25) is 0 Å². The summed E-state index contributed by atoms with van der Waals surface area (Å²) in [5, 5.41) is 15.1. The van der Waals surface area contributed by atoms with Crippen LogP contribution in [0.25, 0.3) is 11.4 Å². The number of hydrogen-bond acceptors (Lipinski definition) is 4. The molecule has 1 atom stereocenters. The van der Waals surface area contributed by atoms with Crippen LogP contribution in [0.1, 0.15) is 19.8 Å². The minimum atomic E-state index is 0.540. The van der Waals surface area contributed by atoms with E-state index in [0.717, 1.165) is 23.0 Å². The van der Waals surface area contributed by atoms with Crippen molar-refractivity contribution in [1.29, 1.82) is 0 Å². The van der Waals surface area contributed by atoms with Crippen molar-refractivity contribution < 1.29 is 0 Å². The Hall–Kier alpha value is -1.91. The number of rotatable bonds is 4. The molecule has 94 valence electrons. The van der Waals surface area contributed by atoms with Gasteiger partial charge in [0.1, 0.15) is 0 Å². The van der Waals surface area contributed by atoms with Crippen LogP contribution in [0.4, 0.5) is 5.69 Å². The van der Waals surface area contributed by atoms with Crippen molar-refractivity contribution in [3.05, 3.63) is 24.3 Å². The third kappa shape index (κ3) is 2.20. The number of tetrazole rings is 1. The summed E-state index contributed by atoms with van der Waals surface area (Å²) >= 11 is 0. The van der Waals surface area contributed by atoms with Gasteiger partial charge < -0.3 is 5.32 Å². The zero-order valence-corrected chi connectivity index (χ0v) is 10.7. The molecule has 3 rings (SSSR count). The Labute approximate surface area is 106 Å². The highest BCUT2D eigenvalue weighted by Gasteiger charge is 2.27. The molecule has 2 aromatic rings. The van der Waals surface area contributed by atoms with E-state index < -0.39 is 0 Å². The summed E-state index contributed by atoms with van der Waals surface area (Å²) in [7, 11) is 1.85. The summed E-state index contributed by atoms with van der Waals surface area (Å²) in [6.07, 6.45) is 2.70. The molecule has 0 amide bonds. The third-order valence-electron chi connectivity index (χ3n) is 3.46. The highest BCUT2D eigenvalue weighted by molar-refractivity contribution is 5.62. The quantitative estimate of drug-likeness (QED) is 0.893. The zero-order chi connectivity index (χ0) is 12.5. The standard InChI is InChI=1S/C13H17N5/c1-9(10-6-7-10)14-12-5-3-4-11(8-12)13-15-16-17-18(13)2/h3-5,8-10,14H,6-7H2,1-2H3. The molecule has 5 nitrogen and oxygen atoms in total. The molecule has 1 unspecified atom stereocenters. The van der Waals surface area contributed by atoms with Gasteiger partial charge in [-0.25, -0.2) is 4.68 Å². The average Bonchev–Trinajstić information content (AvgIpc) is 3.13. The van der Waals surface area contributed by atoms with E-state index in [0.29, 0.717) is 6.04 Å². The van der Waals surface area contributed by atoms with Crippen LogP contribution in [0.15, 0.2) is 24.3 Å². The van der Waals surface area contributed by atoms with Gasteiger partial charge in [0.15, 0.2) is 5.82 Å². The van der Waals surface area contributed by atoms with Crippen LogP contribution in [-0.4, -0.2) is 26.2 Å². The summed E-state index contributed by atoms with van der Waals surface area (Å²) in [6.45, 7) is 2.24.